The summed E-state index contributed by atoms with van der Waals surface area (Å²) in [5.41, 5.74) is 8.24. The van der Waals surface area contributed by atoms with Crippen molar-refractivity contribution < 1.29 is 0 Å². The molecule has 1 heterocycles. The van der Waals surface area contributed by atoms with Crippen LogP contribution in [-0.4, -0.2) is 0 Å². The lowest BCUT2D eigenvalue weighted by atomic mass is 10.0. The summed E-state index contributed by atoms with van der Waals surface area (Å²) in [4.78, 5) is 2.36. The van der Waals surface area contributed by atoms with Crippen LogP contribution in [0.5, 0.6) is 0 Å². The molecule has 0 bridgehead atoms. The van der Waals surface area contributed by atoms with E-state index in [1.165, 1.54) is 64.0 Å². The molecule has 0 saturated heterocycles. The van der Waals surface area contributed by atoms with Crippen molar-refractivity contribution in [2.45, 2.75) is 0 Å². The lowest BCUT2D eigenvalue weighted by Gasteiger charge is -2.26. The van der Waals surface area contributed by atoms with Crippen molar-refractivity contribution >= 4 is 70.1 Å². The number of rotatable bonds is 5. The highest BCUT2D eigenvalue weighted by Crippen LogP contribution is 2.41. The van der Waals surface area contributed by atoms with E-state index in [9.17, 15) is 0 Å². The van der Waals surface area contributed by atoms with Gasteiger partial charge in [-0.05, 0) is 98.4 Å². The van der Waals surface area contributed by atoms with Crippen molar-refractivity contribution in [3.05, 3.63) is 176 Å². The van der Waals surface area contributed by atoms with E-state index >= 15 is 0 Å². The van der Waals surface area contributed by atoms with E-state index in [1.807, 2.05) is 11.3 Å². The molecule has 1 nitrogen and oxygen atoms in total. The van der Waals surface area contributed by atoms with Crippen molar-refractivity contribution in [1.29, 1.82) is 0 Å². The predicted octanol–water partition coefficient (Wildman–Crippen LogP) is 13.2. The van der Waals surface area contributed by atoms with Crippen molar-refractivity contribution in [2.75, 3.05) is 4.90 Å². The van der Waals surface area contributed by atoms with Gasteiger partial charge in [-0.2, -0.15) is 0 Å². The average Bonchev–Trinajstić information content (AvgIpc) is 3.48. The van der Waals surface area contributed by atoms with Crippen LogP contribution in [0.1, 0.15) is 0 Å². The first kappa shape index (κ1) is 26.7. The Morgan fingerprint density at radius 3 is 1.67 bits per heavy atom. The fourth-order valence-corrected chi connectivity index (χ4v) is 7.84. The van der Waals surface area contributed by atoms with Crippen LogP contribution in [0, 0.1) is 0 Å². The highest BCUT2D eigenvalue weighted by molar-refractivity contribution is 7.25. The molecule has 0 unspecified atom stereocenters. The largest absolute Gasteiger partial charge is 0.310 e. The van der Waals surface area contributed by atoms with E-state index < -0.39 is 0 Å². The Labute approximate surface area is 272 Å². The number of thiophene rings is 1. The first-order chi connectivity index (χ1) is 22.8. The third-order valence-electron chi connectivity index (χ3n) is 9.00. The van der Waals surface area contributed by atoms with Crippen LogP contribution in [0.4, 0.5) is 17.1 Å². The molecule has 0 spiro atoms. The van der Waals surface area contributed by atoms with E-state index in [1.54, 1.807) is 0 Å². The van der Waals surface area contributed by atoms with Crippen LogP contribution in [-0.2, 0) is 0 Å². The van der Waals surface area contributed by atoms with Gasteiger partial charge in [0.1, 0.15) is 0 Å². The van der Waals surface area contributed by atoms with Crippen LogP contribution in [0.25, 0.3) is 64.0 Å². The normalized spacial score (nSPS) is 11.5. The summed E-state index contributed by atoms with van der Waals surface area (Å²) in [5.74, 6) is 0. The Hall–Kier alpha value is -5.70. The van der Waals surface area contributed by atoms with Crippen LogP contribution in [0.3, 0.4) is 0 Å². The molecular formula is C44H29NS. The smallest absolute Gasteiger partial charge is 0.0468 e. The third-order valence-corrected chi connectivity index (χ3v) is 10.1. The van der Waals surface area contributed by atoms with Gasteiger partial charge in [-0.25, -0.2) is 0 Å². The molecule has 0 atom stereocenters. The lowest BCUT2D eigenvalue weighted by Crippen LogP contribution is -2.10. The zero-order valence-corrected chi connectivity index (χ0v) is 25.9. The van der Waals surface area contributed by atoms with E-state index in [-0.39, 0.29) is 0 Å². The minimum atomic E-state index is 1.12. The van der Waals surface area contributed by atoms with E-state index in [0.717, 1.165) is 17.1 Å². The molecule has 0 saturated carbocycles. The van der Waals surface area contributed by atoms with E-state index in [0.29, 0.717) is 0 Å². The van der Waals surface area contributed by atoms with Crippen LogP contribution < -0.4 is 4.90 Å². The summed E-state index contributed by atoms with van der Waals surface area (Å²) < 4.78 is 2.66. The Kier molecular flexibility index (Phi) is 6.40. The molecule has 0 aliphatic rings. The molecule has 0 aliphatic heterocycles. The number of hydrogen-bond donors (Lipinski definition) is 0. The molecule has 0 fully saturated rings. The predicted molar refractivity (Wildman–Crippen MR) is 200 cm³/mol. The van der Waals surface area contributed by atoms with Gasteiger partial charge in [0.2, 0.25) is 0 Å². The second kappa shape index (κ2) is 11.0. The minimum Gasteiger partial charge on any atom is -0.310 e. The molecule has 216 valence electrons. The molecule has 0 aliphatic carbocycles. The average molecular weight is 604 g/mol. The number of nitrogens with zero attached hydrogens (tertiary/aromatic N) is 1. The van der Waals surface area contributed by atoms with Crippen LogP contribution >= 0.6 is 11.3 Å². The van der Waals surface area contributed by atoms with Gasteiger partial charge in [0.05, 0.1) is 0 Å². The summed E-state index contributed by atoms with van der Waals surface area (Å²) in [6.07, 6.45) is 0. The molecular weight excluding hydrogens is 575 g/mol. The minimum absolute atomic E-state index is 1.12. The maximum Gasteiger partial charge on any atom is 0.0468 e. The maximum atomic E-state index is 2.36. The molecule has 0 amide bonds. The Balaban J connectivity index is 1.13. The number of anilines is 3. The highest BCUT2D eigenvalue weighted by Gasteiger charge is 2.15. The second-order valence-electron chi connectivity index (χ2n) is 11.8. The second-order valence-corrected chi connectivity index (χ2v) is 12.9. The van der Waals surface area contributed by atoms with E-state index in [4.69, 9.17) is 0 Å². The molecule has 46 heavy (non-hydrogen) atoms. The number of benzene rings is 8. The Bertz CT molecular complexity index is 2530. The van der Waals surface area contributed by atoms with E-state index in [2.05, 4.69) is 181 Å². The molecule has 0 N–H and O–H groups in total. The van der Waals surface area contributed by atoms with Gasteiger partial charge in [-0.15, -0.1) is 11.3 Å². The Morgan fingerprint density at radius 2 is 0.870 bits per heavy atom. The first-order valence-electron chi connectivity index (χ1n) is 15.7. The van der Waals surface area contributed by atoms with Gasteiger partial charge in [0, 0.05) is 37.2 Å². The third kappa shape index (κ3) is 4.72. The summed E-state index contributed by atoms with van der Waals surface area (Å²) in [6, 6.07) is 64.0. The van der Waals surface area contributed by atoms with Crippen molar-refractivity contribution in [1.82, 2.24) is 0 Å². The van der Waals surface area contributed by atoms with Gasteiger partial charge in [-0.1, -0.05) is 121 Å². The van der Waals surface area contributed by atoms with Crippen molar-refractivity contribution in [3.8, 4) is 22.3 Å². The van der Waals surface area contributed by atoms with Crippen LogP contribution in [0.15, 0.2) is 176 Å². The van der Waals surface area contributed by atoms with Gasteiger partial charge in [-0.3, -0.25) is 0 Å². The fraction of sp³-hybridized carbons (Fsp3) is 0. The highest BCUT2D eigenvalue weighted by atomic mass is 32.1. The molecule has 9 rings (SSSR count). The van der Waals surface area contributed by atoms with Gasteiger partial charge in [0.15, 0.2) is 0 Å². The molecule has 0 radical (unpaired) electrons. The molecule has 8 aromatic carbocycles. The zero-order valence-electron chi connectivity index (χ0n) is 25.1. The topological polar surface area (TPSA) is 3.24 Å². The standard InChI is InChI=1S/C44H29NS/c1-2-9-30(10-3-1)34-15-8-16-39(25-34)45(40-23-19-31-11-4-5-12-33(31)26-40)38-21-17-32(18-22-38)37-20-24-41-42-27-35-13-6-7-14-36(35)28-44(42)46-43(41)29-37/h1-29H. The zero-order chi connectivity index (χ0) is 30.5. The molecule has 2 heteroatoms. The van der Waals surface area contributed by atoms with Crippen LogP contribution in [0.2, 0.25) is 0 Å². The first-order valence-corrected chi connectivity index (χ1v) is 16.5. The van der Waals surface area contributed by atoms with Crippen molar-refractivity contribution in [2.24, 2.45) is 0 Å². The SMILES string of the molecule is c1ccc(-c2cccc(N(c3ccc(-c4ccc5c(c4)sc4cc6ccccc6cc45)cc3)c3ccc4ccccc4c3)c2)cc1. The monoisotopic (exact) mass is 603 g/mol. The summed E-state index contributed by atoms with van der Waals surface area (Å²) in [5, 5.41) is 7.72. The van der Waals surface area contributed by atoms with Gasteiger partial charge in [0.25, 0.3) is 0 Å². The quantitative estimate of drug-likeness (QED) is 0.189. The summed E-state index contributed by atoms with van der Waals surface area (Å²) in [7, 11) is 0. The molecule has 9 aromatic rings. The fourth-order valence-electron chi connectivity index (χ4n) is 6.66. The lowest BCUT2D eigenvalue weighted by molar-refractivity contribution is 1.29. The maximum absolute atomic E-state index is 2.36. The number of hydrogen-bond acceptors (Lipinski definition) is 2. The Morgan fingerprint density at radius 1 is 0.304 bits per heavy atom. The van der Waals surface area contributed by atoms with Crippen molar-refractivity contribution in [3.63, 3.8) is 0 Å². The van der Waals surface area contributed by atoms with Gasteiger partial charge >= 0.3 is 0 Å². The number of fused-ring (bicyclic) bond motifs is 5. The molecule has 1 aromatic heterocycles. The summed E-state index contributed by atoms with van der Waals surface area (Å²) in [6.45, 7) is 0. The summed E-state index contributed by atoms with van der Waals surface area (Å²) >= 11 is 1.88. The van der Waals surface area contributed by atoms with Gasteiger partial charge < -0.3 is 4.90 Å².